The second kappa shape index (κ2) is 11.1. The van der Waals surface area contributed by atoms with Crippen molar-refractivity contribution in [3.05, 3.63) is 52.0 Å². The molecule has 0 atom stereocenters. The van der Waals surface area contributed by atoms with Crippen LogP contribution in [0.3, 0.4) is 0 Å². The number of amides is 1. The van der Waals surface area contributed by atoms with E-state index in [2.05, 4.69) is 4.98 Å². The molecular formula is C21H24Cl3N3O3S2. The van der Waals surface area contributed by atoms with E-state index in [0.29, 0.717) is 28.1 Å². The van der Waals surface area contributed by atoms with Crippen LogP contribution in [0, 0.1) is 6.92 Å². The summed E-state index contributed by atoms with van der Waals surface area (Å²) in [6.07, 6.45) is 0.676. The lowest BCUT2D eigenvalue weighted by atomic mass is 10.2. The van der Waals surface area contributed by atoms with Crippen molar-refractivity contribution < 1.29 is 13.2 Å². The Bertz CT molecular complexity index is 1200. The third-order valence-electron chi connectivity index (χ3n) is 4.74. The van der Waals surface area contributed by atoms with E-state index < -0.39 is 21.5 Å². The average molecular weight is 537 g/mol. The van der Waals surface area contributed by atoms with E-state index in [0.717, 1.165) is 22.3 Å². The predicted octanol–water partition coefficient (Wildman–Crippen LogP) is 5.09. The molecule has 0 saturated heterocycles. The van der Waals surface area contributed by atoms with Crippen LogP contribution in [0.5, 0.6) is 0 Å². The van der Waals surface area contributed by atoms with E-state index in [1.54, 1.807) is 6.07 Å². The molecule has 0 radical (unpaired) electrons. The summed E-state index contributed by atoms with van der Waals surface area (Å²) in [5.74, 6) is -1.16. The zero-order chi connectivity index (χ0) is 22.8. The molecule has 6 nitrogen and oxygen atoms in total. The molecule has 3 aromatic rings. The van der Waals surface area contributed by atoms with Crippen molar-refractivity contribution in [1.29, 1.82) is 0 Å². The third kappa shape index (κ3) is 6.34. The lowest BCUT2D eigenvalue weighted by Crippen LogP contribution is -2.37. The molecule has 0 aliphatic heterocycles. The van der Waals surface area contributed by atoms with E-state index in [-0.39, 0.29) is 17.3 Å². The lowest BCUT2D eigenvalue weighted by molar-refractivity contribution is -0.116. The van der Waals surface area contributed by atoms with Gasteiger partial charge in [0.05, 0.1) is 15.1 Å². The van der Waals surface area contributed by atoms with Crippen molar-refractivity contribution >= 4 is 78.0 Å². The number of nitrogens with zero attached hydrogens (tertiary/aromatic N) is 3. The topological polar surface area (TPSA) is 70.6 Å². The molecule has 0 N–H and O–H groups in total. The Labute approximate surface area is 208 Å². The highest BCUT2D eigenvalue weighted by atomic mass is 35.5. The van der Waals surface area contributed by atoms with E-state index in [4.69, 9.17) is 23.2 Å². The fourth-order valence-electron chi connectivity index (χ4n) is 3.04. The van der Waals surface area contributed by atoms with Gasteiger partial charge in [0.15, 0.2) is 15.0 Å². The van der Waals surface area contributed by atoms with Gasteiger partial charge in [0, 0.05) is 16.6 Å². The molecule has 3 rings (SSSR count). The van der Waals surface area contributed by atoms with Gasteiger partial charge in [-0.25, -0.2) is 13.4 Å². The molecule has 1 aromatic heterocycles. The van der Waals surface area contributed by atoms with Crippen LogP contribution in [0.2, 0.25) is 10.0 Å². The van der Waals surface area contributed by atoms with Gasteiger partial charge < -0.3 is 4.90 Å². The maximum absolute atomic E-state index is 13.2. The summed E-state index contributed by atoms with van der Waals surface area (Å²) < 4.78 is 26.5. The van der Waals surface area contributed by atoms with Crippen molar-refractivity contribution in [1.82, 2.24) is 9.88 Å². The molecule has 0 bridgehead atoms. The number of carbonyl (C=O) groups is 1. The highest BCUT2D eigenvalue weighted by Gasteiger charge is 2.26. The summed E-state index contributed by atoms with van der Waals surface area (Å²) in [6, 6.07) is 9.46. The number of aromatic nitrogens is 1. The molecule has 0 fully saturated rings. The second-order valence-electron chi connectivity index (χ2n) is 7.43. The molecule has 2 aromatic carbocycles. The number of thiazole rings is 1. The minimum absolute atomic E-state index is 0. The second-order valence-corrected chi connectivity index (χ2v) is 11.3. The first-order valence-corrected chi connectivity index (χ1v) is 12.8. The summed E-state index contributed by atoms with van der Waals surface area (Å²) in [5.41, 5.74) is 1.55. The van der Waals surface area contributed by atoms with Crippen molar-refractivity contribution in [2.45, 2.75) is 18.2 Å². The number of aryl methyl sites for hydroxylation is 1. The molecule has 174 valence electrons. The standard InChI is InChI=1S/C21H23Cl2N3O3S2.ClH/c1-14-17(23)9-10-18-20(14)24-21(30-18)26(12-4-11-25(2)3)19(27)13-31(28,29)16-7-5-15(22)6-8-16;/h5-10H,4,11-13H2,1-3H3;1H. The van der Waals surface area contributed by atoms with Crippen LogP contribution >= 0.6 is 46.9 Å². The summed E-state index contributed by atoms with van der Waals surface area (Å²) in [6.45, 7) is 2.99. The monoisotopic (exact) mass is 535 g/mol. The van der Waals surface area contributed by atoms with Gasteiger partial charge in [0.25, 0.3) is 0 Å². The van der Waals surface area contributed by atoms with Gasteiger partial charge in [0.1, 0.15) is 5.75 Å². The summed E-state index contributed by atoms with van der Waals surface area (Å²) >= 11 is 13.4. The zero-order valence-corrected chi connectivity index (χ0v) is 21.8. The van der Waals surface area contributed by atoms with E-state index in [1.807, 2.05) is 32.0 Å². The maximum Gasteiger partial charge on any atom is 0.244 e. The molecular weight excluding hydrogens is 513 g/mol. The SMILES string of the molecule is Cc1c(Cl)ccc2sc(N(CCCN(C)C)C(=O)CS(=O)(=O)c3ccc(Cl)cc3)nc12.Cl. The van der Waals surface area contributed by atoms with Crippen molar-refractivity contribution in [2.75, 3.05) is 37.8 Å². The summed E-state index contributed by atoms with van der Waals surface area (Å²) in [5, 5.41) is 1.50. The molecule has 1 heterocycles. The Hall–Kier alpha value is -1.42. The van der Waals surface area contributed by atoms with Gasteiger partial charge in [-0.3, -0.25) is 9.69 Å². The molecule has 1 amide bonds. The Kier molecular flexibility index (Phi) is 9.34. The number of hydrogen-bond acceptors (Lipinski definition) is 6. The molecule has 32 heavy (non-hydrogen) atoms. The normalized spacial score (nSPS) is 11.6. The minimum Gasteiger partial charge on any atom is -0.309 e. The Morgan fingerprint density at radius 2 is 1.72 bits per heavy atom. The van der Waals surface area contributed by atoms with Gasteiger partial charge in [0.2, 0.25) is 5.91 Å². The van der Waals surface area contributed by atoms with Crippen LogP contribution < -0.4 is 4.90 Å². The Balaban J connectivity index is 0.00000363. The Morgan fingerprint density at radius 1 is 1.06 bits per heavy atom. The number of fused-ring (bicyclic) bond motifs is 1. The van der Waals surface area contributed by atoms with Gasteiger partial charge in [-0.15, -0.1) is 12.4 Å². The summed E-state index contributed by atoms with van der Waals surface area (Å²) in [7, 11) is 0.0692. The number of anilines is 1. The number of halogens is 3. The van der Waals surface area contributed by atoms with E-state index in [1.165, 1.54) is 40.5 Å². The molecule has 0 aliphatic rings. The quantitative estimate of drug-likeness (QED) is 0.401. The molecule has 0 spiro atoms. The van der Waals surface area contributed by atoms with Crippen LogP contribution in [0.15, 0.2) is 41.3 Å². The molecule has 0 aliphatic carbocycles. The van der Waals surface area contributed by atoms with Gasteiger partial charge >= 0.3 is 0 Å². The predicted molar refractivity (Wildman–Crippen MR) is 136 cm³/mol. The number of benzene rings is 2. The number of hydrogen-bond donors (Lipinski definition) is 0. The molecule has 0 unspecified atom stereocenters. The summed E-state index contributed by atoms with van der Waals surface area (Å²) in [4.78, 5) is 21.3. The highest BCUT2D eigenvalue weighted by Crippen LogP contribution is 2.34. The van der Waals surface area contributed by atoms with E-state index >= 15 is 0 Å². The first-order chi connectivity index (χ1) is 14.6. The van der Waals surface area contributed by atoms with Gasteiger partial charge in [-0.1, -0.05) is 34.5 Å². The smallest absolute Gasteiger partial charge is 0.244 e. The average Bonchev–Trinajstić information content (AvgIpc) is 3.12. The highest BCUT2D eigenvalue weighted by molar-refractivity contribution is 7.92. The first-order valence-electron chi connectivity index (χ1n) is 9.57. The van der Waals surface area contributed by atoms with Crippen LogP contribution in [0.1, 0.15) is 12.0 Å². The van der Waals surface area contributed by atoms with E-state index in [9.17, 15) is 13.2 Å². The number of rotatable bonds is 8. The fourth-order valence-corrected chi connectivity index (χ4v) is 5.59. The van der Waals surface area contributed by atoms with Crippen LogP contribution in [-0.2, 0) is 14.6 Å². The lowest BCUT2D eigenvalue weighted by Gasteiger charge is -2.21. The Morgan fingerprint density at radius 3 is 2.34 bits per heavy atom. The van der Waals surface area contributed by atoms with Crippen molar-refractivity contribution in [3.8, 4) is 0 Å². The van der Waals surface area contributed by atoms with Gasteiger partial charge in [-0.2, -0.15) is 0 Å². The third-order valence-corrected chi connectivity index (χ3v) is 8.06. The first kappa shape index (κ1) is 26.8. The largest absolute Gasteiger partial charge is 0.309 e. The molecule has 0 saturated carbocycles. The maximum atomic E-state index is 13.2. The number of sulfone groups is 1. The zero-order valence-electron chi connectivity index (χ0n) is 17.8. The van der Waals surface area contributed by atoms with Crippen molar-refractivity contribution in [2.24, 2.45) is 0 Å². The van der Waals surface area contributed by atoms with Gasteiger partial charge in [-0.05, 0) is 75.9 Å². The van der Waals surface area contributed by atoms with Crippen LogP contribution in [-0.4, -0.2) is 57.1 Å². The van der Waals surface area contributed by atoms with Crippen LogP contribution in [0.25, 0.3) is 10.2 Å². The fraction of sp³-hybridized carbons (Fsp3) is 0.333. The number of carbonyl (C=O) groups excluding carboxylic acids is 1. The minimum atomic E-state index is -3.82. The van der Waals surface area contributed by atoms with Crippen LogP contribution in [0.4, 0.5) is 5.13 Å². The molecule has 11 heteroatoms. The van der Waals surface area contributed by atoms with Crippen molar-refractivity contribution in [3.63, 3.8) is 0 Å².